The van der Waals surface area contributed by atoms with Gasteiger partial charge in [0.15, 0.2) is 6.54 Å². The maximum atomic E-state index is 13.2. The summed E-state index contributed by atoms with van der Waals surface area (Å²) in [6, 6.07) is 16.9. The van der Waals surface area contributed by atoms with Gasteiger partial charge in [0.2, 0.25) is 0 Å². The van der Waals surface area contributed by atoms with E-state index in [0.29, 0.717) is 12.5 Å². The Morgan fingerprint density at radius 3 is 2.56 bits per heavy atom. The van der Waals surface area contributed by atoms with Gasteiger partial charge in [0.05, 0.1) is 6.54 Å². The molecule has 0 spiro atoms. The Morgan fingerprint density at radius 2 is 1.89 bits per heavy atom. The van der Waals surface area contributed by atoms with E-state index in [9.17, 15) is 9.18 Å². The van der Waals surface area contributed by atoms with Gasteiger partial charge in [-0.05, 0) is 17.7 Å². The Hall–Kier alpha value is -1.85. The molecule has 1 unspecified atom stereocenters. The minimum atomic E-state index is -0.241. The van der Waals surface area contributed by atoms with E-state index in [-0.39, 0.29) is 17.1 Å². The second-order valence-corrected chi connectivity index (χ2v) is 8.74. The van der Waals surface area contributed by atoms with E-state index in [1.807, 2.05) is 23.1 Å². The van der Waals surface area contributed by atoms with Gasteiger partial charge in [-0.1, -0.05) is 56.3 Å². The Morgan fingerprint density at radius 1 is 1.19 bits per heavy atom. The molecule has 1 saturated heterocycles. The normalized spacial score (nSPS) is 18.1. The van der Waals surface area contributed by atoms with Crippen LogP contribution in [0.25, 0.3) is 0 Å². The molecule has 0 bridgehead atoms. The molecule has 0 saturated carbocycles. The molecule has 1 amide bonds. The van der Waals surface area contributed by atoms with Crippen molar-refractivity contribution >= 4 is 17.7 Å². The highest BCUT2D eigenvalue weighted by atomic mass is 32.2. The first-order valence-corrected chi connectivity index (χ1v) is 10.6. The van der Waals surface area contributed by atoms with E-state index < -0.39 is 0 Å². The number of rotatable bonds is 7. The number of carbonyl (C=O) groups excluding carboxylic acids is 1. The van der Waals surface area contributed by atoms with Crippen molar-refractivity contribution in [3.8, 4) is 0 Å². The van der Waals surface area contributed by atoms with E-state index in [2.05, 4.69) is 26.0 Å². The number of nitrogens with one attached hydrogen (secondary N) is 1. The molecule has 1 aliphatic rings. The van der Waals surface area contributed by atoms with E-state index in [1.165, 1.54) is 22.6 Å². The summed E-state index contributed by atoms with van der Waals surface area (Å²) in [6.07, 6.45) is 0. The topological polar surface area (TPSA) is 24.8 Å². The van der Waals surface area contributed by atoms with Crippen LogP contribution in [0.3, 0.4) is 0 Å². The predicted molar refractivity (Wildman–Crippen MR) is 109 cm³/mol. The van der Waals surface area contributed by atoms with Crippen LogP contribution in [-0.2, 0) is 11.3 Å². The first-order chi connectivity index (χ1) is 13.0. The van der Waals surface area contributed by atoms with Crippen LogP contribution in [-0.4, -0.2) is 36.2 Å². The average molecular weight is 388 g/mol. The van der Waals surface area contributed by atoms with Crippen molar-refractivity contribution < 1.29 is 14.1 Å². The summed E-state index contributed by atoms with van der Waals surface area (Å²) < 4.78 is 13.2. The standard InChI is InChI=1S/C22H27FN2OS/c1-17(2)14-24(15-18-6-4-3-5-7-18)16-21(26)25-12-13-27-22(25)19-8-10-20(23)11-9-19/h3-11,17,22H,12-16H2,1-2H3/p+1/t22-/m1/s1. The third kappa shape index (κ3) is 5.56. The summed E-state index contributed by atoms with van der Waals surface area (Å²) in [5, 5.41) is -0.00451. The number of benzene rings is 2. The van der Waals surface area contributed by atoms with Crippen molar-refractivity contribution in [2.75, 3.05) is 25.4 Å². The van der Waals surface area contributed by atoms with Crippen molar-refractivity contribution in [2.45, 2.75) is 25.8 Å². The first-order valence-electron chi connectivity index (χ1n) is 9.57. The van der Waals surface area contributed by atoms with Crippen LogP contribution >= 0.6 is 11.8 Å². The Balaban J connectivity index is 1.69. The van der Waals surface area contributed by atoms with Gasteiger partial charge < -0.3 is 9.80 Å². The minimum Gasteiger partial charge on any atom is -0.323 e. The maximum absolute atomic E-state index is 13.2. The van der Waals surface area contributed by atoms with E-state index in [1.54, 1.807) is 23.9 Å². The number of hydrogen-bond donors (Lipinski definition) is 1. The van der Waals surface area contributed by atoms with Crippen LogP contribution in [0.5, 0.6) is 0 Å². The van der Waals surface area contributed by atoms with Gasteiger partial charge in [-0.15, -0.1) is 11.8 Å². The van der Waals surface area contributed by atoms with Crippen molar-refractivity contribution in [3.05, 3.63) is 71.5 Å². The number of thioether (sulfide) groups is 1. The molecule has 1 heterocycles. The monoisotopic (exact) mass is 387 g/mol. The number of amides is 1. The molecule has 2 aromatic carbocycles. The van der Waals surface area contributed by atoms with Crippen LogP contribution in [0, 0.1) is 11.7 Å². The first kappa shape index (κ1) is 19.9. The largest absolute Gasteiger partial charge is 0.323 e. The minimum absolute atomic E-state index is 0.00451. The van der Waals surface area contributed by atoms with Gasteiger partial charge in [0.1, 0.15) is 17.7 Å². The smallest absolute Gasteiger partial charge is 0.278 e. The van der Waals surface area contributed by atoms with Crippen LogP contribution in [0.2, 0.25) is 0 Å². The molecule has 27 heavy (non-hydrogen) atoms. The van der Waals surface area contributed by atoms with Gasteiger partial charge >= 0.3 is 0 Å². The zero-order valence-corrected chi connectivity index (χ0v) is 16.8. The molecule has 1 N–H and O–H groups in total. The molecule has 5 heteroatoms. The Bertz CT molecular complexity index is 736. The molecule has 1 fully saturated rings. The third-order valence-corrected chi connectivity index (χ3v) is 6.02. The molecule has 0 aliphatic carbocycles. The Kier molecular flexibility index (Phi) is 6.91. The lowest BCUT2D eigenvalue weighted by atomic mass is 10.1. The van der Waals surface area contributed by atoms with Crippen LogP contribution in [0.4, 0.5) is 4.39 Å². The average Bonchev–Trinajstić information content (AvgIpc) is 3.12. The molecule has 1 aliphatic heterocycles. The number of hydrogen-bond acceptors (Lipinski definition) is 2. The van der Waals surface area contributed by atoms with Gasteiger partial charge in [-0.25, -0.2) is 4.39 Å². The zero-order valence-electron chi connectivity index (χ0n) is 16.0. The predicted octanol–water partition coefficient (Wildman–Crippen LogP) is 3.14. The summed E-state index contributed by atoms with van der Waals surface area (Å²) >= 11 is 1.76. The quantitative estimate of drug-likeness (QED) is 0.789. The summed E-state index contributed by atoms with van der Waals surface area (Å²) in [7, 11) is 0. The number of quaternary nitrogens is 1. The van der Waals surface area contributed by atoms with Crippen molar-refractivity contribution in [3.63, 3.8) is 0 Å². The van der Waals surface area contributed by atoms with Crippen LogP contribution < -0.4 is 4.90 Å². The van der Waals surface area contributed by atoms with Gasteiger partial charge in [0, 0.05) is 23.8 Å². The summed E-state index contributed by atoms with van der Waals surface area (Å²) in [5.41, 5.74) is 2.26. The lowest BCUT2D eigenvalue weighted by molar-refractivity contribution is -0.909. The molecule has 2 aromatic rings. The summed E-state index contributed by atoms with van der Waals surface area (Å²) in [5.74, 6) is 1.39. The van der Waals surface area contributed by atoms with Crippen molar-refractivity contribution in [1.82, 2.24) is 4.90 Å². The Labute approximate surface area is 165 Å². The number of carbonyl (C=O) groups is 1. The highest BCUT2D eigenvalue weighted by Gasteiger charge is 2.32. The second kappa shape index (κ2) is 9.38. The summed E-state index contributed by atoms with van der Waals surface area (Å²) in [4.78, 5) is 16.3. The molecular weight excluding hydrogens is 359 g/mol. The fourth-order valence-corrected chi connectivity index (χ4v) is 4.89. The van der Waals surface area contributed by atoms with Crippen molar-refractivity contribution in [2.24, 2.45) is 5.92 Å². The molecular formula is C22H28FN2OS+. The van der Waals surface area contributed by atoms with Gasteiger partial charge in [-0.2, -0.15) is 0 Å². The summed E-state index contributed by atoms with van der Waals surface area (Å²) in [6.45, 7) is 7.46. The van der Waals surface area contributed by atoms with E-state index >= 15 is 0 Å². The lowest BCUT2D eigenvalue weighted by Gasteiger charge is -2.27. The number of nitrogens with zero attached hydrogens (tertiary/aromatic N) is 1. The lowest BCUT2D eigenvalue weighted by Crippen LogP contribution is -3.12. The number of halogens is 1. The fraction of sp³-hybridized carbons (Fsp3) is 0.409. The van der Waals surface area contributed by atoms with Gasteiger partial charge in [-0.3, -0.25) is 4.79 Å². The van der Waals surface area contributed by atoms with Gasteiger partial charge in [0.25, 0.3) is 5.91 Å². The maximum Gasteiger partial charge on any atom is 0.278 e. The molecule has 0 radical (unpaired) electrons. The SMILES string of the molecule is CC(C)C[NH+](CC(=O)N1CCS[C@@H]1c1ccc(F)cc1)Cc1ccccc1. The fourth-order valence-electron chi connectivity index (χ4n) is 3.61. The van der Waals surface area contributed by atoms with Crippen LogP contribution in [0.1, 0.15) is 30.3 Å². The van der Waals surface area contributed by atoms with E-state index in [0.717, 1.165) is 31.0 Å². The van der Waals surface area contributed by atoms with Crippen molar-refractivity contribution in [1.29, 1.82) is 0 Å². The second-order valence-electron chi connectivity index (χ2n) is 7.55. The van der Waals surface area contributed by atoms with E-state index in [4.69, 9.17) is 0 Å². The molecule has 0 aromatic heterocycles. The molecule has 3 rings (SSSR count). The third-order valence-electron chi connectivity index (χ3n) is 4.76. The molecule has 144 valence electrons. The van der Waals surface area contributed by atoms with Crippen LogP contribution in [0.15, 0.2) is 54.6 Å². The molecule has 2 atom stereocenters. The zero-order chi connectivity index (χ0) is 19.2. The highest BCUT2D eigenvalue weighted by Crippen LogP contribution is 2.37. The highest BCUT2D eigenvalue weighted by molar-refractivity contribution is 7.99. The molecule has 3 nitrogen and oxygen atoms in total.